The first-order valence-electron chi connectivity index (χ1n) is 9.44. The second-order valence-electron chi connectivity index (χ2n) is 6.83. The largest absolute Gasteiger partial charge is 0.492 e. The van der Waals surface area contributed by atoms with Crippen LogP contribution in [0.4, 0.5) is 13.2 Å². The Kier molecular flexibility index (Phi) is 6.74. The van der Waals surface area contributed by atoms with Crippen LogP contribution in [0.3, 0.4) is 0 Å². The molecule has 162 valence electrons. The molecule has 1 amide bonds. The molecule has 0 fully saturated rings. The van der Waals surface area contributed by atoms with Gasteiger partial charge < -0.3 is 10.1 Å². The number of hydrogen-bond donors (Lipinski definition) is 1. The molecule has 0 spiro atoms. The zero-order chi connectivity index (χ0) is 22.4. The van der Waals surface area contributed by atoms with Crippen molar-refractivity contribution >= 4 is 5.91 Å². The lowest BCUT2D eigenvalue weighted by Gasteiger charge is -2.11. The molecule has 1 N–H and O–H groups in total. The minimum atomic E-state index is -4.46. The molecule has 9 heteroatoms. The lowest BCUT2D eigenvalue weighted by molar-refractivity contribution is -0.137. The number of amides is 1. The van der Waals surface area contributed by atoms with Gasteiger partial charge in [-0.3, -0.25) is 9.59 Å². The van der Waals surface area contributed by atoms with Gasteiger partial charge in [-0.05, 0) is 36.8 Å². The maximum Gasteiger partial charge on any atom is 0.416 e. The standard InChI is InChI=1S/C22H20F3N3O3/c1-15-5-7-16(8-6-15)14-28-20(29)10-9-19(27-28)21(30)26-11-12-31-18-4-2-3-17(13-18)22(23,24)25/h2-10,13H,11-12,14H2,1H3,(H,26,30). The first-order valence-corrected chi connectivity index (χ1v) is 9.44. The summed E-state index contributed by atoms with van der Waals surface area (Å²) in [6.07, 6.45) is -4.46. The summed E-state index contributed by atoms with van der Waals surface area (Å²) in [6, 6.07) is 14.7. The van der Waals surface area contributed by atoms with Crippen molar-refractivity contribution in [2.75, 3.05) is 13.2 Å². The highest BCUT2D eigenvalue weighted by atomic mass is 19.4. The van der Waals surface area contributed by atoms with Crippen molar-refractivity contribution in [3.8, 4) is 5.75 Å². The molecule has 2 aromatic carbocycles. The SMILES string of the molecule is Cc1ccc(Cn2nc(C(=O)NCCOc3cccc(C(F)(F)F)c3)ccc2=O)cc1. The zero-order valence-corrected chi connectivity index (χ0v) is 16.6. The number of hydrogen-bond acceptors (Lipinski definition) is 4. The number of carbonyl (C=O) groups is 1. The average molecular weight is 431 g/mol. The highest BCUT2D eigenvalue weighted by Gasteiger charge is 2.30. The third kappa shape index (κ3) is 6.18. The van der Waals surface area contributed by atoms with Gasteiger partial charge >= 0.3 is 6.18 Å². The van der Waals surface area contributed by atoms with Crippen LogP contribution in [0.2, 0.25) is 0 Å². The van der Waals surface area contributed by atoms with Crippen LogP contribution in [-0.2, 0) is 12.7 Å². The topological polar surface area (TPSA) is 73.2 Å². The average Bonchev–Trinajstić information content (AvgIpc) is 2.74. The molecule has 1 aromatic heterocycles. The molecule has 0 bridgehead atoms. The fraction of sp³-hybridized carbons (Fsp3) is 0.227. The van der Waals surface area contributed by atoms with Crippen molar-refractivity contribution in [2.24, 2.45) is 0 Å². The normalized spacial score (nSPS) is 11.2. The van der Waals surface area contributed by atoms with Gasteiger partial charge in [-0.25, -0.2) is 4.68 Å². The second-order valence-corrected chi connectivity index (χ2v) is 6.83. The van der Waals surface area contributed by atoms with Crippen molar-refractivity contribution in [3.05, 3.63) is 93.4 Å². The van der Waals surface area contributed by atoms with E-state index in [4.69, 9.17) is 4.74 Å². The van der Waals surface area contributed by atoms with Gasteiger partial charge in [-0.2, -0.15) is 18.3 Å². The number of nitrogens with zero attached hydrogens (tertiary/aromatic N) is 2. The molecule has 0 saturated heterocycles. The summed E-state index contributed by atoms with van der Waals surface area (Å²) in [4.78, 5) is 24.4. The summed E-state index contributed by atoms with van der Waals surface area (Å²) >= 11 is 0. The first kappa shape index (κ1) is 22.1. The third-order valence-electron chi connectivity index (χ3n) is 4.37. The molecule has 0 aliphatic carbocycles. The summed E-state index contributed by atoms with van der Waals surface area (Å²) in [5.74, 6) is -0.473. The van der Waals surface area contributed by atoms with E-state index in [9.17, 15) is 22.8 Å². The van der Waals surface area contributed by atoms with Gasteiger partial charge in [-0.1, -0.05) is 35.9 Å². The number of halogens is 3. The van der Waals surface area contributed by atoms with Gasteiger partial charge in [0, 0.05) is 6.07 Å². The zero-order valence-electron chi connectivity index (χ0n) is 16.6. The Morgan fingerprint density at radius 3 is 2.55 bits per heavy atom. The summed E-state index contributed by atoms with van der Waals surface area (Å²) in [7, 11) is 0. The molecule has 3 aromatic rings. The van der Waals surface area contributed by atoms with E-state index in [-0.39, 0.29) is 36.7 Å². The van der Waals surface area contributed by atoms with Gasteiger partial charge in [0.05, 0.1) is 18.7 Å². The Balaban J connectivity index is 1.56. The number of benzene rings is 2. The van der Waals surface area contributed by atoms with E-state index in [2.05, 4.69) is 10.4 Å². The molecule has 0 aliphatic rings. The Hall–Kier alpha value is -3.62. The molecule has 0 radical (unpaired) electrons. The highest BCUT2D eigenvalue weighted by Crippen LogP contribution is 2.31. The van der Waals surface area contributed by atoms with Crippen molar-refractivity contribution in [1.82, 2.24) is 15.1 Å². The highest BCUT2D eigenvalue weighted by molar-refractivity contribution is 5.91. The molecule has 3 rings (SSSR count). The van der Waals surface area contributed by atoms with Crippen molar-refractivity contribution in [1.29, 1.82) is 0 Å². The Bertz CT molecular complexity index is 1110. The van der Waals surface area contributed by atoms with Gasteiger partial charge in [-0.15, -0.1) is 0 Å². The number of aromatic nitrogens is 2. The molecule has 0 saturated carbocycles. The summed E-state index contributed by atoms with van der Waals surface area (Å²) < 4.78 is 44.6. The lowest BCUT2D eigenvalue weighted by atomic mass is 10.1. The predicted octanol–water partition coefficient (Wildman–Crippen LogP) is 3.43. The van der Waals surface area contributed by atoms with E-state index in [1.807, 2.05) is 31.2 Å². The van der Waals surface area contributed by atoms with Crippen LogP contribution >= 0.6 is 0 Å². The Labute approximate surface area is 176 Å². The number of ether oxygens (including phenoxy) is 1. The van der Waals surface area contributed by atoms with E-state index in [0.29, 0.717) is 0 Å². The number of carbonyl (C=O) groups excluding carboxylic acids is 1. The van der Waals surface area contributed by atoms with Crippen LogP contribution in [0.5, 0.6) is 5.75 Å². The number of nitrogens with one attached hydrogen (secondary N) is 1. The first-order chi connectivity index (χ1) is 14.7. The van der Waals surface area contributed by atoms with Gasteiger partial charge in [0.25, 0.3) is 11.5 Å². The molecular weight excluding hydrogens is 411 g/mol. The monoisotopic (exact) mass is 431 g/mol. The van der Waals surface area contributed by atoms with Gasteiger partial charge in [0.2, 0.25) is 0 Å². The van der Waals surface area contributed by atoms with Crippen LogP contribution in [0.1, 0.15) is 27.2 Å². The second kappa shape index (κ2) is 9.46. The van der Waals surface area contributed by atoms with Crippen LogP contribution in [0.25, 0.3) is 0 Å². The molecule has 1 heterocycles. The minimum Gasteiger partial charge on any atom is -0.492 e. The van der Waals surface area contributed by atoms with Crippen molar-refractivity contribution in [3.63, 3.8) is 0 Å². The van der Waals surface area contributed by atoms with Crippen LogP contribution in [-0.4, -0.2) is 28.8 Å². The van der Waals surface area contributed by atoms with Crippen molar-refractivity contribution in [2.45, 2.75) is 19.6 Å². The molecule has 0 aliphatic heterocycles. The van der Waals surface area contributed by atoms with E-state index in [1.165, 1.54) is 28.9 Å². The van der Waals surface area contributed by atoms with E-state index < -0.39 is 17.6 Å². The smallest absolute Gasteiger partial charge is 0.416 e. The molecule has 31 heavy (non-hydrogen) atoms. The molecule has 6 nitrogen and oxygen atoms in total. The number of alkyl halides is 3. The summed E-state index contributed by atoms with van der Waals surface area (Å²) in [5.41, 5.74) is 0.849. The lowest BCUT2D eigenvalue weighted by Crippen LogP contribution is -2.32. The van der Waals surface area contributed by atoms with Crippen LogP contribution in [0.15, 0.2) is 65.5 Å². The Morgan fingerprint density at radius 2 is 1.84 bits per heavy atom. The molecule has 0 unspecified atom stereocenters. The number of rotatable bonds is 7. The summed E-state index contributed by atoms with van der Waals surface area (Å²) in [5, 5.41) is 6.66. The van der Waals surface area contributed by atoms with Crippen LogP contribution < -0.4 is 15.6 Å². The van der Waals surface area contributed by atoms with E-state index in [0.717, 1.165) is 23.3 Å². The quantitative estimate of drug-likeness (QED) is 0.582. The fourth-order valence-electron chi connectivity index (χ4n) is 2.74. The summed E-state index contributed by atoms with van der Waals surface area (Å²) in [6.45, 7) is 2.19. The van der Waals surface area contributed by atoms with Crippen LogP contribution in [0, 0.1) is 6.92 Å². The van der Waals surface area contributed by atoms with Gasteiger partial charge in [0.15, 0.2) is 0 Å². The third-order valence-corrected chi connectivity index (χ3v) is 4.37. The minimum absolute atomic E-state index is 0.0317. The fourth-order valence-corrected chi connectivity index (χ4v) is 2.74. The number of aryl methyl sites for hydroxylation is 1. The maximum atomic E-state index is 12.7. The Morgan fingerprint density at radius 1 is 1.10 bits per heavy atom. The van der Waals surface area contributed by atoms with Crippen molar-refractivity contribution < 1.29 is 22.7 Å². The van der Waals surface area contributed by atoms with Gasteiger partial charge in [0.1, 0.15) is 18.1 Å². The van der Waals surface area contributed by atoms with E-state index >= 15 is 0 Å². The molecular formula is C22H20F3N3O3. The molecule has 0 atom stereocenters. The predicted molar refractivity (Wildman–Crippen MR) is 108 cm³/mol. The maximum absolute atomic E-state index is 12.7. The van der Waals surface area contributed by atoms with E-state index in [1.54, 1.807) is 0 Å².